The molecule has 0 saturated carbocycles. The monoisotopic (exact) mass is 322 g/mol. The van der Waals surface area contributed by atoms with E-state index in [9.17, 15) is 21.6 Å². The summed E-state index contributed by atoms with van der Waals surface area (Å²) in [5.74, 6) is 0.0686. The fraction of sp³-hybridized carbons (Fsp3) is 0.538. The molecule has 1 saturated heterocycles. The summed E-state index contributed by atoms with van der Waals surface area (Å²) in [6, 6.07) is 3.80. The number of benzene rings is 1. The molecule has 2 N–H and O–H groups in total. The molecule has 0 aromatic heterocycles. The third-order valence-electron chi connectivity index (χ3n) is 3.62. The van der Waals surface area contributed by atoms with Crippen LogP contribution in [-0.2, 0) is 16.2 Å². The van der Waals surface area contributed by atoms with Crippen LogP contribution in [-0.4, -0.2) is 27.5 Å². The van der Waals surface area contributed by atoms with Gasteiger partial charge in [0.25, 0.3) is 0 Å². The lowest BCUT2D eigenvalue weighted by Gasteiger charge is -2.30. The van der Waals surface area contributed by atoms with E-state index in [1.165, 1.54) is 12.1 Å². The van der Waals surface area contributed by atoms with Crippen LogP contribution in [0.1, 0.15) is 18.9 Å². The molecule has 0 aliphatic carbocycles. The van der Waals surface area contributed by atoms with Crippen molar-refractivity contribution in [2.45, 2.75) is 30.5 Å². The van der Waals surface area contributed by atoms with Gasteiger partial charge in [-0.1, -0.05) is 19.1 Å². The van der Waals surface area contributed by atoms with E-state index < -0.39 is 32.7 Å². The average molecular weight is 322 g/mol. The van der Waals surface area contributed by atoms with E-state index in [0.29, 0.717) is 6.54 Å². The van der Waals surface area contributed by atoms with Crippen molar-refractivity contribution in [1.29, 1.82) is 0 Å². The minimum atomic E-state index is -4.71. The molecule has 118 valence electrons. The van der Waals surface area contributed by atoms with Crippen molar-refractivity contribution < 1.29 is 21.6 Å². The smallest absolute Gasteiger partial charge is 0.315 e. The average Bonchev–Trinajstić information content (AvgIpc) is 2.40. The second kappa shape index (κ2) is 5.94. The van der Waals surface area contributed by atoms with Crippen molar-refractivity contribution in [3.63, 3.8) is 0 Å². The Bertz CT molecular complexity index is 602. The number of hydrogen-bond acceptors (Lipinski definition) is 3. The lowest BCUT2D eigenvalue weighted by Crippen LogP contribution is -2.50. The highest BCUT2D eigenvalue weighted by molar-refractivity contribution is 7.89. The van der Waals surface area contributed by atoms with Gasteiger partial charge in [-0.15, -0.1) is 0 Å². The van der Waals surface area contributed by atoms with Crippen molar-refractivity contribution in [1.82, 2.24) is 10.0 Å². The largest absolute Gasteiger partial charge is 0.417 e. The van der Waals surface area contributed by atoms with E-state index in [-0.39, 0.29) is 5.92 Å². The Balaban J connectivity index is 2.32. The summed E-state index contributed by atoms with van der Waals surface area (Å²) in [5.41, 5.74) is -1.14. The minimum absolute atomic E-state index is 0.0686. The number of halogens is 3. The molecule has 1 fully saturated rings. The second-order valence-electron chi connectivity index (χ2n) is 5.19. The highest BCUT2D eigenvalue weighted by Crippen LogP contribution is 2.34. The summed E-state index contributed by atoms with van der Waals surface area (Å²) in [6.07, 6.45) is -3.93. The van der Waals surface area contributed by atoms with Crippen LogP contribution in [0.3, 0.4) is 0 Å². The summed E-state index contributed by atoms with van der Waals surface area (Å²) in [5, 5.41) is 3.03. The van der Waals surface area contributed by atoms with Crippen molar-refractivity contribution in [2.24, 2.45) is 5.92 Å². The molecule has 1 aromatic rings. The molecule has 8 heteroatoms. The molecule has 0 amide bonds. The van der Waals surface area contributed by atoms with E-state index in [2.05, 4.69) is 10.0 Å². The van der Waals surface area contributed by atoms with E-state index in [1.54, 1.807) is 0 Å². The predicted octanol–water partition coefficient (Wildman–Crippen LogP) is 1.98. The predicted molar refractivity (Wildman–Crippen MR) is 72.2 cm³/mol. The van der Waals surface area contributed by atoms with Gasteiger partial charge in [-0.25, -0.2) is 13.1 Å². The lowest BCUT2D eigenvalue weighted by atomic mass is 9.96. The van der Waals surface area contributed by atoms with Crippen molar-refractivity contribution >= 4 is 10.0 Å². The normalized spacial score (nSPS) is 24.0. The van der Waals surface area contributed by atoms with E-state index >= 15 is 0 Å². The van der Waals surface area contributed by atoms with Gasteiger partial charge in [0.1, 0.15) is 0 Å². The van der Waals surface area contributed by atoms with Gasteiger partial charge < -0.3 is 5.32 Å². The molecule has 4 nitrogen and oxygen atoms in total. The molecule has 1 aromatic carbocycles. The van der Waals surface area contributed by atoms with E-state index in [0.717, 1.165) is 25.1 Å². The van der Waals surface area contributed by atoms with Gasteiger partial charge >= 0.3 is 6.18 Å². The summed E-state index contributed by atoms with van der Waals surface area (Å²) in [6.45, 7) is 3.07. The highest BCUT2D eigenvalue weighted by atomic mass is 32.2. The van der Waals surface area contributed by atoms with Gasteiger partial charge in [0, 0.05) is 12.6 Å². The fourth-order valence-electron chi connectivity index (χ4n) is 2.35. The summed E-state index contributed by atoms with van der Waals surface area (Å²) in [4.78, 5) is -0.727. The SMILES string of the molecule is CC1CCNCC1NS(=O)(=O)c1ccccc1C(F)(F)F. The zero-order valence-electron chi connectivity index (χ0n) is 11.4. The number of piperidine rings is 1. The Kier molecular flexibility index (Phi) is 4.60. The van der Waals surface area contributed by atoms with Crippen LogP contribution < -0.4 is 10.0 Å². The van der Waals surface area contributed by atoms with Gasteiger partial charge in [-0.2, -0.15) is 13.2 Å². The molecule has 1 aliphatic heterocycles. The summed E-state index contributed by atoms with van der Waals surface area (Å²) >= 11 is 0. The molecule has 1 aliphatic rings. The number of nitrogens with one attached hydrogen (secondary N) is 2. The molecule has 0 radical (unpaired) electrons. The zero-order valence-corrected chi connectivity index (χ0v) is 12.3. The molecule has 1 heterocycles. The first-order valence-electron chi connectivity index (χ1n) is 6.61. The van der Waals surface area contributed by atoms with Crippen LogP contribution in [0.2, 0.25) is 0 Å². The van der Waals surface area contributed by atoms with E-state index in [4.69, 9.17) is 0 Å². The molecule has 21 heavy (non-hydrogen) atoms. The first-order valence-corrected chi connectivity index (χ1v) is 8.09. The van der Waals surface area contributed by atoms with Gasteiger partial charge in [-0.05, 0) is 31.0 Å². The zero-order chi connectivity index (χ0) is 15.7. The topological polar surface area (TPSA) is 58.2 Å². The second-order valence-corrected chi connectivity index (χ2v) is 6.87. The molecule has 2 rings (SSSR count). The number of alkyl halides is 3. The Hall–Kier alpha value is -1.12. The van der Waals surface area contributed by atoms with Crippen LogP contribution in [0.15, 0.2) is 29.2 Å². The molecule has 2 unspecified atom stereocenters. The molecule has 0 bridgehead atoms. The van der Waals surface area contributed by atoms with Gasteiger partial charge in [0.15, 0.2) is 0 Å². The van der Waals surface area contributed by atoms with Crippen LogP contribution in [0.25, 0.3) is 0 Å². The molecule has 0 spiro atoms. The lowest BCUT2D eigenvalue weighted by molar-refractivity contribution is -0.139. The fourth-order valence-corrected chi connectivity index (χ4v) is 3.92. The van der Waals surface area contributed by atoms with Crippen LogP contribution in [0.4, 0.5) is 13.2 Å². The third-order valence-corrected chi connectivity index (χ3v) is 5.16. The minimum Gasteiger partial charge on any atom is -0.315 e. The number of hydrogen-bond donors (Lipinski definition) is 2. The number of rotatable bonds is 3. The summed E-state index contributed by atoms with van der Waals surface area (Å²) < 4.78 is 65.7. The Labute approximate surface area is 121 Å². The van der Waals surface area contributed by atoms with Crippen molar-refractivity contribution in [3.8, 4) is 0 Å². The maximum Gasteiger partial charge on any atom is 0.417 e. The number of sulfonamides is 1. The Morgan fingerprint density at radius 1 is 1.29 bits per heavy atom. The Morgan fingerprint density at radius 2 is 1.95 bits per heavy atom. The van der Waals surface area contributed by atoms with Crippen molar-refractivity contribution in [3.05, 3.63) is 29.8 Å². The van der Waals surface area contributed by atoms with Crippen LogP contribution >= 0.6 is 0 Å². The highest BCUT2D eigenvalue weighted by Gasteiger charge is 2.38. The summed E-state index contributed by atoms with van der Waals surface area (Å²) in [7, 11) is -4.22. The van der Waals surface area contributed by atoms with Crippen LogP contribution in [0.5, 0.6) is 0 Å². The molecule has 2 atom stereocenters. The van der Waals surface area contributed by atoms with E-state index in [1.807, 2.05) is 6.92 Å². The standard InChI is InChI=1S/C13H17F3N2O2S/c1-9-6-7-17-8-11(9)18-21(19,20)12-5-3-2-4-10(12)13(14,15)16/h2-5,9,11,17-18H,6-8H2,1H3. The van der Waals surface area contributed by atoms with Gasteiger partial charge in [-0.3, -0.25) is 0 Å². The Morgan fingerprint density at radius 3 is 2.57 bits per heavy atom. The van der Waals surface area contributed by atoms with Gasteiger partial charge in [0.2, 0.25) is 10.0 Å². The quantitative estimate of drug-likeness (QED) is 0.895. The van der Waals surface area contributed by atoms with Gasteiger partial charge in [0.05, 0.1) is 10.5 Å². The van der Waals surface area contributed by atoms with Crippen molar-refractivity contribution in [2.75, 3.05) is 13.1 Å². The first kappa shape index (κ1) is 16.3. The van der Waals surface area contributed by atoms with Crippen LogP contribution in [0, 0.1) is 5.92 Å². The maximum absolute atomic E-state index is 12.9. The molecular formula is C13H17F3N2O2S. The molecular weight excluding hydrogens is 305 g/mol. The first-order chi connectivity index (χ1) is 9.72. The maximum atomic E-state index is 12.9. The third kappa shape index (κ3) is 3.75.